The third-order valence-electron chi connectivity index (χ3n) is 4.51. The molecule has 2 heterocycles. The summed E-state index contributed by atoms with van der Waals surface area (Å²) in [7, 11) is 1.97. The Kier molecular flexibility index (Phi) is 4.93. The van der Waals surface area contributed by atoms with Crippen LogP contribution in [0, 0.1) is 0 Å². The third kappa shape index (κ3) is 3.91. The van der Waals surface area contributed by atoms with Crippen molar-refractivity contribution in [1.82, 2.24) is 0 Å². The third-order valence-corrected chi connectivity index (χ3v) is 5.34. The smallest absolute Gasteiger partial charge is 0.372 e. The van der Waals surface area contributed by atoms with Crippen LogP contribution in [-0.4, -0.2) is 13.1 Å². The molecule has 4 rings (SSSR count). The van der Waals surface area contributed by atoms with Crippen LogP contribution in [0.5, 0.6) is 0 Å². The molecule has 0 bridgehead atoms. The molecule has 1 aliphatic heterocycles. The Hall–Kier alpha value is -2.73. The van der Waals surface area contributed by atoms with Gasteiger partial charge in [-0.05, 0) is 77.8 Å². The molecule has 0 aliphatic carbocycles. The fourth-order valence-electron chi connectivity index (χ4n) is 3.03. The number of hydrogen-bond donors (Lipinski definition) is 1. The van der Waals surface area contributed by atoms with Crippen LogP contribution in [-0.2, 0) is 7.05 Å². The summed E-state index contributed by atoms with van der Waals surface area (Å²) < 4.78 is 1.95. The van der Waals surface area contributed by atoms with E-state index in [0.29, 0.717) is 0 Å². The van der Waals surface area contributed by atoms with Crippen molar-refractivity contribution in [2.24, 2.45) is 17.3 Å². The minimum atomic E-state index is 0.841. The van der Waals surface area contributed by atoms with Crippen molar-refractivity contribution in [2.75, 3.05) is 23.3 Å². The first kappa shape index (κ1) is 16.7. The SMILES string of the molecule is C[n+]1ccsc1N=Nc1ccc(Nc2ccc(N3CCCC3)cc2)cc1. The topological polar surface area (TPSA) is 43.9 Å². The normalized spacial score (nSPS) is 14.3. The lowest BCUT2D eigenvalue weighted by Gasteiger charge is -2.18. The highest BCUT2D eigenvalue weighted by molar-refractivity contribution is 7.12. The molecule has 1 fully saturated rings. The standard InChI is InChI=1S/C20H21N5S/c1-24-14-15-26-20(24)23-22-18-6-4-16(5-7-18)21-17-8-10-19(11-9-17)25-12-2-3-13-25/h4-11,14-15H,2-3,12-13H2,1H3/p+1. The number of benzene rings is 2. The first-order valence-corrected chi connectivity index (χ1v) is 9.73. The molecule has 2 aromatic carbocycles. The first-order chi connectivity index (χ1) is 12.8. The number of anilines is 3. The van der Waals surface area contributed by atoms with Crippen LogP contribution < -0.4 is 14.8 Å². The summed E-state index contributed by atoms with van der Waals surface area (Å²) in [5.74, 6) is 0. The lowest BCUT2D eigenvalue weighted by atomic mass is 10.2. The van der Waals surface area contributed by atoms with Gasteiger partial charge in [-0.1, -0.05) is 0 Å². The number of azo groups is 1. The molecule has 1 aromatic heterocycles. The van der Waals surface area contributed by atoms with Gasteiger partial charge in [0.25, 0.3) is 0 Å². The highest BCUT2D eigenvalue weighted by atomic mass is 32.1. The van der Waals surface area contributed by atoms with E-state index >= 15 is 0 Å². The molecule has 0 radical (unpaired) electrons. The Morgan fingerprint density at radius 1 is 0.923 bits per heavy atom. The molecule has 1 N–H and O–H groups in total. The minimum absolute atomic E-state index is 0.841. The van der Waals surface area contributed by atoms with E-state index in [1.54, 1.807) is 11.3 Å². The summed E-state index contributed by atoms with van der Waals surface area (Å²) in [6.45, 7) is 2.35. The van der Waals surface area contributed by atoms with Crippen molar-refractivity contribution in [3.05, 3.63) is 60.1 Å². The quantitative estimate of drug-likeness (QED) is 0.491. The van der Waals surface area contributed by atoms with Crippen molar-refractivity contribution in [2.45, 2.75) is 12.8 Å². The molecule has 0 atom stereocenters. The Bertz CT molecular complexity index is 877. The number of hydrogen-bond acceptors (Lipinski definition) is 5. The number of aryl methyl sites for hydroxylation is 1. The van der Waals surface area contributed by atoms with E-state index in [1.165, 1.54) is 31.6 Å². The molecule has 6 heteroatoms. The fraction of sp³-hybridized carbons (Fsp3) is 0.250. The predicted molar refractivity (Wildman–Crippen MR) is 107 cm³/mol. The summed E-state index contributed by atoms with van der Waals surface area (Å²) in [6, 6.07) is 16.6. The molecule has 132 valence electrons. The van der Waals surface area contributed by atoms with E-state index in [0.717, 1.165) is 22.2 Å². The van der Waals surface area contributed by atoms with Gasteiger partial charge in [0.2, 0.25) is 0 Å². The van der Waals surface area contributed by atoms with Crippen molar-refractivity contribution >= 4 is 39.2 Å². The number of aromatic nitrogens is 1. The molecule has 0 saturated carbocycles. The van der Waals surface area contributed by atoms with E-state index in [2.05, 4.69) is 44.7 Å². The van der Waals surface area contributed by atoms with Crippen molar-refractivity contribution in [1.29, 1.82) is 0 Å². The zero-order valence-electron chi connectivity index (χ0n) is 14.8. The van der Waals surface area contributed by atoms with E-state index < -0.39 is 0 Å². The van der Waals surface area contributed by atoms with Gasteiger partial charge in [-0.15, -0.1) is 0 Å². The molecule has 0 amide bonds. The molecular formula is C20H22N5S+. The molecule has 5 nitrogen and oxygen atoms in total. The van der Waals surface area contributed by atoms with Crippen molar-refractivity contribution in [3.63, 3.8) is 0 Å². The zero-order valence-corrected chi connectivity index (χ0v) is 15.6. The maximum atomic E-state index is 4.29. The van der Waals surface area contributed by atoms with Gasteiger partial charge >= 0.3 is 5.13 Å². The molecule has 0 spiro atoms. The van der Waals surface area contributed by atoms with Crippen LogP contribution in [0.4, 0.5) is 27.9 Å². The number of nitrogens with zero attached hydrogens (tertiary/aromatic N) is 4. The fourth-order valence-corrected chi connectivity index (χ4v) is 3.71. The van der Waals surface area contributed by atoms with Gasteiger partial charge in [0.15, 0.2) is 0 Å². The van der Waals surface area contributed by atoms with E-state index in [4.69, 9.17) is 0 Å². The second-order valence-electron chi connectivity index (χ2n) is 6.41. The Morgan fingerprint density at radius 3 is 2.19 bits per heavy atom. The van der Waals surface area contributed by atoms with Crippen LogP contribution >= 0.6 is 11.3 Å². The Balaban J connectivity index is 1.39. The number of thiazole rings is 1. The Morgan fingerprint density at radius 2 is 1.58 bits per heavy atom. The largest absolute Gasteiger partial charge is 0.408 e. The molecular weight excluding hydrogens is 342 g/mol. The summed E-state index contributed by atoms with van der Waals surface area (Å²) in [5, 5.41) is 14.9. The lowest BCUT2D eigenvalue weighted by Crippen LogP contribution is -2.23. The summed E-state index contributed by atoms with van der Waals surface area (Å²) in [6.07, 6.45) is 4.57. The molecule has 1 saturated heterocycles. The summed E-state index contributed by atoms with van der Waals surface area (Å²) in [5.41, 5.74) is 4.28. The summed E-state index contributed by atoms with van der Waals surface area (Å²) >= 11 is 1.57. The van der Waals surface area contributed by atoms with E-state index in [-0.39, 0.29) is 0 Å². The van der Waals surface area contributed by atoms with Crippen LogP contribution in [0.2, 0.25) is 0 Å². The second kappa shape index (κ2) is 7.66. The van der Waals surface area contributed by atoms with Gasteiger partial charge in [0, 0.05) is 35.5 Å². The maximum Gasteiger partial charge on any atom is 0.408 e. The van der Waals surface area contributed by atoms with Crippen molar-refractivity contribution < 1.29 is 4.57 Å². The zero-order chi connectivity index (χ0) is 17.8. The number of rotatable bonds is 5. The molecule has 3 aromatic rings. The average Bonchev–Trinajstić information content (AvgIpc) is 3.34. The van der Waals surface area contributed by atoms with E-state index in [1.807, 2.05) is 47.5 Å². The molecule has 26 heavy (non-hydrogen) atoms. The Labute approximate surface area is 157 Å². The van der Waals surface area contributed by atoms with E-state index in [9.17, 15) is 0 Å². The van der Waals surface area contributed by atoms with Crippen LogP contribution in [0.1, 0.15) is 12.8 Å². The average molecular weight is 364 g/mol. The van der Waals surface area contributed by atoms with Gasteiger partial charge in [0.05, 0.1) is 12.2 Å². The van der Waals surface area contributed by atoms with Gasteiger partial charge in [-0.2, -0.15) is 0 Å². The van der Waals surface area contributed by atoms with Crippen LogP contribution in [0.15, 0.2) is 70.3 Å². The van der Waals surface area contributed by atoms with Crippen LogP contribution in [0.25, 0.3) is 0 Å². The molecule has 1 aliphatic rings. The van der Waals surface area contributed by atoms with Gasteiger partial charge in [0.1, 0.15) is 11.9 Å². The summed E-state index contributed by atoms with van der Waals surface area (Å²) in [4.78, 5) is 2.44. The van der Waals surface area contributed by atoms with Gasteiger partial charge in [-0.3, -0.25) is 0 Å². The second-order valence-corrected chi connectivity index (χ2v) is 7.28. The predicted octanol–water partition coefficient (Wildman–Crippen LogP) is 5.33. The van der Waals surface area contributed by atoms with Gasteiger partial charge in [-0.25, -0.2) is 4.57 Å². The monoisotopic (exact) mass is 364 g/mol. The van der Waals surface area contributed by atoms with Gasteiger partial charge < -0.3 is 10.2 Å². The minimum Gasteiger partial charge on any atom is -0.372 e. The number of nitrogens with one attached hydrogen (secondary N) is 1. The van der Waals surface area contributed by atoms with Crippen LogP contribution in [0.3, 0.4) is 0 Å². The van der Waals surface area contributed by atoms with Crippen molar-refractivity contribution in [3.8, 4) is 0 Å². The lowest BCUT2D eigenvalue weighted by molar-refractivity contribution is -0.654. The first-order valence-electron chi connectivity index (χ1n) is 8.85. The highest BCUT2D eigenvalue weighted by Gasteiger charge is 2.11. The maximum absolute atomic E-state index is 4.29. The highest BCUT2D eigenvalue weighted by Crippen LogP contribution is 2.25. The molecule has 0 unspecified atom stereocenters.